The van der Waals surface area contributed by atoms with E-state index in [1.165, 1.54) is 148 Å². The van der Waals surface area contributed by atoms with Gasteiger partial charge in [-0.2, -0.15) is 0 Å². The van der Waals surface area contributed by atoms with Gasteiger partial charge in [-0.15, -0.1) is 0 Å². The third-order valence-corrected chi connectivity index (χ3v) is 12.1. The van der Waals surface area contributed by atoms with Crippen molar-refractivity contribution in [2.45, 2.75) is 238 Å². The van der Waals surface area contributed by atoms with Crippen molar-refractivity contribution in [2.24, 2.45) is 0 Å². The van der Waals surface area contributed by atoms with Gasteiger partial charge in [-0.1, -0.05) is 185 Å². The minimum absolute atomic E-state index is 0.0223. The minimum atomic E-state index is -4.39. The van der Waals surface area contributed by atoms with E-state index in [9.17, 15) is 19.0 Å². The topological polar surface area (TPSA) is 108 Å². The molecule has 0 aliphatic carbocycles. The summed E-state index contributed by atoms with van der Waals surface area (Å²) in [6, 6.07) is 0. The van der Waals surface area contributed by atoms with Crippen molar-refractivity contribution in [3.05, 3.63) is 36.5 Å². The van der Waals surface area contributed by atoms with Gasteiger partial charge in [0.25, 0.3) is 0 Å². The zero-order valence-electron chi connectivity index (χ0n) is 41.1. The first kappa shape index (κ1) is 60.2. The van der Waals surface area contributed by atoms with Crippen molar-refractivity contribution in [3.63, 3.8) is 0 Å². The first-order valence-corrected chi connectivity index (χ1v) is 27.2. The maximum atomic E-state index is 12.7. The van der Waals surface area contributed by atoms with E-state index in [0.717, 1.165) is 44.9 Å². The maximum Gasteiger partial charge on any atom is 0.472 e. The third kappa shape index (κ3) is 47.7. The number of likely N-dealkylation sites (N-methyl/N-ethyl adjacent to an activating group) is 1. The van der Waals surface area contributed by atoms with Crippen LogP contribution < -0.4 is 0 Å². The number of phosphoric acid groups is 1. The standard InChI is InChI=1S/C52H98NO8P/c1-6-8-10-12-14-16-18-20-22-23-24-25-26-27-28-29-31-33-35-37-39-41-43-45-52(55)61-50(49-60-62(56,57)59-47-46-53(3,4)5)48-58-51(54)44-42-40-38-36-34-32-30-21-19-17-15-13-11-9-7-2/h29,31,34,36-37,39,50H,6-28,30,32-33,35,38,40-49H2,1-5H3/p+1/b31-29+,36-34+,39-37+/t50-/m1/s1. The van der Waals surface area contributed by atoms with Gasteiger partial charge in [0.15, 0.2) is 6.10 Å². The third-order valence-electron chi connectivity index (χ3n) is 11.1. The molecule has 10 heteroatoms. The van der Waals surface area contributed by atoms with Gasteiger partial charge in [0.2, 0.25) is 0 Å². The molecule has 0 aromatic carbocycles. The second-order valence-corrected chi connectivity index (χ2v) is 20.0. The second-order valence-electron chi connectivity index (χ2n) is 18.5. The molecule has 0 aliphatic rings. The fourth-order valence-electron chi connectivity index (χ4n) is 7.09. The van der Waals surface area contributed by atoms with Gasteiger partial charge in [0.05, 0.1) is 27.7 Å². The Morgan fingerprint density at radius 2 is 0.855 bits per heavy atom. The Bertz CT molecular complexity index is 1150. The van der Waals surface area contributed by atoms with E-state index >= 15 is 0 Å². The van der Waals surface area contributed by atoms with E-state index in [4.69, 9.17) is 18.5 Å². The summed E-state index contributed by atoms with van der Waals surface area (Å²) in [5.41, 5.74) is 0. The number of allylic oxidation sites excluding steroid dienone is 6. The zero-order valence-corrected chi connectivity index (χ0v) is 42.0. The molecule has 0 bridgehead atoms. The van der Waals surface area contributed by atoms with E-state index in [0.29, 0.717) is 23.9 Å². The summed E-state index contributed by atoms with van der Waals surface area (Å²) in [7, 11) is 1.45. The number of unbranched alkanes of at least 4 members (excludes halogenated alkanes) is 27. The van der Waals surface area contributed by atoms with E-state index in [2.05, 4.69) is 50.3 Å². The lowest BCUT2D eigenvalue weighted by molar-refractivity contribution is -0.870. The Balaban J connectivity index is 4.30. The summed E-state index contributed by atoms with van der Waals surface area (Å²) < 4.78 is 34.3. The number of rotatable bonds is 47. The Morgan fingerprint density at radius 1 is 0.484 bits per heavy atom. The maximum absolute atomic E-state index is 12.7. The van der Waals surface area contributed by atoms with Crippen molar-refractivity contribution in [1.82, 2.24) is 0 Å². The van der Waals surface area contributed by atoms with Gasteiger partial charge in [-0.05, 0) is 70.6 Å². The van der Waals surface area contributed by atoms with Crippen molar-refractivity contribution in [1.29, 1.82) is 0 Å². The summed E-state index contributed by atoms with van der Waals surface area (Å²) in [6.07, 6.45) is 52.2. The van der Waals surface area contributed by atoms with E-state index in [1.54, 1.807) is 0 Å². The van der Waals surface area contributed by atoms with Gasteiger partial charge in [0.1, 0.15) is 19.8 Å². The molecule has 0 aromatic heterocycles. The van der Waals surface area contributed by atoms with Gasteiger partial charge in [0, 0.05) is 12.8 Å². The Labute approximate surface area is 382 Å². The molecule has 0 heterocycles. The molecule has 0 aromatic rings. The fraction of sp³-hybridized carbons (Fsp3) is 0.846. The molecule has 1 unspecified atom stereocenters. The zero-order chi connectivity index (χ0) is 45.7. The van der Waals surface area contributed by atoms with Crippen LogP contribution in [-0.2, 0) is 32.7 Å². The number of carbonyl (C=O) groups is 2. The first-order chi connectivity index (χ1) is 30.0. The summed E-state index contributed by atoms with van der Waals surface area (Å²) in [6.45, 7) is 4.38. The van der Waals surface area contributed by atoms with Crippen LogP contribution in [0.4, 0.5) is 0 Å². The normalized spacial score (nSPS) is 13.7. The van der Waals surface area contributed by atoms with E-state index < -0.39 is 32.5 Å². The van der Waals surface area contributed by atoms with Crippen molar-refractivity contribution < 1.29 is 42.1 Å². The highest BCUT2D eigenvalue weighted by Gasteiger charge is 2.27. The lowest BCUT2D eigenvalue weighted by atomic mass is 10.0. The highest BCUT2D eigenvalue weighted by molar-refractivity contribution is 7.47. The van der Waals surface area contributed by atoms with Crippen molar-refractivity contribution >= 4 is 19.8 Å². The van der Waals surface area contributed by atoms with Crippen LogP contribution in [0.15, 0.2) is 36.5 Å². The quantitative estimate of drug-likeness (QED) is 0.0212. The van der Waals surface area contributed by atoms with Crippen LogP contribution in [0.25, 0.3) is 0 Å². The van der Waals surface area contributed by atoms with Crippen LogP contribution in [0, 0.1) is 0 Å². The molecule has 0 radical (unpaired) electrons. The van der Waals surface area contributed by atoms with Crippen LogP contribution in [0.1, 0.15) is 232 Å². The number of carbonyl (C=O) groups excluding carboxylic acids is 2. The lowest BCUT2D eigenvalue weighted by Crippen LogP contribution is -2.37. The summed E-state index contributed by atoms with van der Waals surface area (Å²) >= 11 is 0. The molecule has 62 heavy (non-hydrogen) atoms. The number of esters is 2. The van der Waals surface area contributed by atoms with Crippen LogP contribution in [0.2, 0.25) is 0 Å². The first-order valence-electron chi connectivity index (χ1n) is 25.7. The molecular formula is C52H99NO8P+. The number of hydrogen-bond acceptors (Lipinski definition) is 7. The molecule has 0 saturated carbocycles. The Morgan fingerprint density at radius 3 is 1.29 bits per heavy atom. The Hall–Kier alpha value is -1.77. The largest absolute Gasteiger partial charge is 0.472 e. The highest BCUT2D eigenvalue weighted by atomic mass is 31.2. The van der Waals surface area contributed by atoms with Crippen LogP contribution in [0.3, 0.4) is 0 Å². The lowest BCUT2D eigenvalue weighted by Gasteiger charge is -2.24. The molecule has 0 fully saturated rings. The monoisotopic (exact) mass is 897 g/mol. The molecular weight excluding hydrogens is 798 g/mol. The molecule has 364 valence electrons. The number of phosphoric ester groups is 1. The molecule has 0 rings (SSSR count). The predicted molar refractivity (Wildman–Crippen MR) is 261 cm³/mol. The van der Waals surface area contributed by atoms with Crippen LogP contribution in [0.5, 0.6) is 0 Å². The molecule has 0 spiro atoms. The van der Waals surface area contributed by atoms with E-state index in [-0.39, 0.29) is 26.1 Å². The SMILES string of the molecule is CCCCCCCCCCC/C=C/CCCCC(=O)OC[C@H](COP(=O)(O)OCC[N+](C)(C)C)OC(=O)CCC/C=C/CC/C=C/CCCCCCCCCCCCCCCC. The van der Waals surface area contributed by atoms with Gasteiger partial charge >= 0.3 is 19.8 Å². The summed E-state index contributed by atoms with van der Waals surface area (Å²) in [5.74, 6) is -0.867. The number of nitrogens with zero attached hydrogens (tertiary/aromatic N) is 1. The fourth-order valence-corrected chi connectivity index (χ4v) is 7.83. The minimum Gasteiger partial charge on any atom is -0.462 e. The van der Waals surface area contributed by atoms with Crippen LogP contribution in [-0.4, -0.2) is 74.9 Å². The average molecular weight is 897 g/mol. The Kier molecular flexibility index (Phi) is 43.2. The van der Waals surface area contributed by atoms with Crippen molar-refractivity contribution in [3.8, 4) is 0 Å². The predicted octanol–water partition coefficient (Wildman–Crippen LogP) is 15.3. The summed E-state index contributed by atoms with van der Waals surface area (Å²) in [5, 5.41) is 0. The highest BCUT2D eigenvalue weighted by Crippen LogP contribution is 2.43. The second kappa shape index (κ2) is 44.4. The molecule has 0 amide bonds. The van der Waals surface area contributed by atoms with Gasteiger partial charge < -0.3 is 18.9 Å². The number of hydrogen-bond donors (Lipinski definition) is 1. The smallest absolute Gasteiger partial charge is 0.462 e. The molecule has 1 N–H and O–H groups in total. The molecule has 0 saturated heterocycles. The number of quaternary nitrogens is 1. The van der Waals surface area contributed by atoms with E-state index in [1.807, 2.05) is 21.1 Å². The molecule has 0 aliphatic heterocycles. The van der Waals surface area contributed by atoms with Crippen LogP contribution >= 0.6 is 7.82 Å². The van der Waals surface area contributed by atoms with Crippen molar-refractivity contribution in [2.75, 3.05) is 47.5 Å². The number of ether oxygens (including phenoxy) is 2. The van der Waals surface area contributed by atoms with Gasteiger partial charge in [-0.25, -0.2) is 4.57 Å². The molecule has 9 nitrogen and oxygen atoms in total. The molecule has 2 atom stereocenters. The van der Waals surface area contributed by atoms with Gasteiger partial charge in [-0.3, -0.25) is 18.6 Å². The average Bonchev–Trinajstić information content (AvgIpc) is 3.23. The summed E-state index contributed by atoms with van der Waals surface area (Å²) in [4.78, 5) is 35.5.